The van der Waals surface area contributed by atoms with Gasteiger partial charge in [0.05, 0.1) is 6.10 Å². The molecule has 0 bridgehead atoms. The van der Waals surface area contributed by atoms with Gasteiger partial charge in [0.15, 0.2) is 0 Å². The monoisotopic (exact) mass is 273 g/mol. The second-order valence-electron chi connectivity index (χ2n) is 5.15. The number of rotatable bonds is 7. The Morgan fingerprint density at radius 1 is 1.10 bits per heavy atom. The van der Waals surface area contributed by atoms with Crippen LogP contribution in [0.5, 0.6) is 0 Å². The van der Waals surface area contributed by atoms with Gasteiger partial charge in [0.1, 0.15) is 0 Å². The lowest BCUT2D eigenvalue weighted by atomic mass is 10.0. The molecule has 2 unspecified atom stereocenters. The molecular formula is C17H23NO2. The lowest BCUT2D eigenvalue weighted by molar-refractivity contribution is 0.165. The van der Waals surface area contributed by atoms with Gasteiger partial charge in [0, 0.05) is 19.2 Å². The van der Waals surface area contributed by atoms with E-state index in [0.717, 1.165) is 23.8 Å². The Morgan fingerprint density at radius 3 is 2.55 bits per heavy atom. The van der Waals surface area contributed by atoms with Crippen molar-refractivity contribution in [3.8, 4) is 0 Å². The number of hydrogen-bond donors (Lipinski definition) is 3. The summed E-state index contributed by atoms with van der Waals surface area (Å²) in [4.78, 5) is 0. The molecule has 2 aromatic carbocycles. The Balaban J connectivity index is 2.01. The Morgan fingerprint density at radius 2 is 1.85 bits per heavy atom. The number of aliphatic hydroxyl groups excluding tert-OH is 2. The first kappa shape index (κ1) is 15.0. The summed E-state index contributed by atoms with van der Waals surface area (Å²) in [7, 11) is 0. The van der Waals surface area contributed by atoms with Crippen LogP contribution in [-0.2, 0) is 0 Å². The third-order valence-corrected chi connectivity index (χ3v) is 3.73. The Hall–Kier alpha value is -1.42. The molecule has 2 atom stereocenters. The van der Waals surface area contributed by atoms with E-state index in [9.17, 15) is 5.11 Å². The standard InChI is InChI=1S/C17H23NO2/c1-2-16(9-10-19)18-12-17(20)15-8-7-13-5-3-4-6-14(13)11-15/h3-8,11,16-20H,2,9-10,12H2,1H3. The summed E-state index contributed by atoms with van der Waals surface area (Å²) >= 11 is 0. The summed E-state index contributed by atoms with van der Waals surface area (Å²) in [6.07, 6.45) is 1.15. The van der Waals surface area contributed by atoms with Crippen molar-refractivity contribution < 1.29 is 10.2 Å². The summed E-state index contributed by atoms with van der Waals surface area (Å²) in [6.45, 7) is 2.77. The van der Waals surface area contributed by atoms with Crippen LogP contribution in [0, 0.1) is 0 Å². The average molecular weight is 273 g/mol. The summed E-state index contributed by atoms with van der Waals surface area (Å²) in [5, 5.41) is 24.9. The van der Waals surface area contributed by atoms with Crippen LogP contribution in [0.2, 0.25) is 0 Å². The number of hydrogen-bond acceptors (Lipinski definition) is 3. The molecule has 0 amide bonds. The number of benzene rings is 2. The van der Waals surface area contributed by atoms with Crippen molar-refractivity contribution in [1.82, 2.24) is 5.32 Å². The molecule has 0 fully saturated rings. The van der Waals surface area contributed by atoms with Crippen molar-refractivity contribution in [2.24, 2.45) is 0 Å². The molecule has 3 nitrogen and oxygen atoms in total. The van der Waals surface area contributed by atoms with Crippen LogP contribution in [0.25, 0.3) is 10.8 Å². The molecule has 3 N–H and O–H groups in total. The van der Waals surface area contributed by atoms with Crippen LogP contribution < -0.4 is 5.32 Å². The van der Waals surface area contributed by atoms with Crippen LogP contribution in [0.15, 0.2) is 42.5 Å². The zero-order valence-electron chi connectivity index (χ0n) is 11.9. The molecule has 2 aromatic rings. The maximum atomic E-state index is 10.3. The van der Waals surface area contributed by atoms with E-state index in [4.69, 9.17) is 5.11 Å². The molecule has 0 spiro atoms. The SMILES string of the molecule is CCC(CCO)NCC(O)c1ccc2ccccc2c1. The zero-order valence-corrected chi connectivity index (χ0v) is 11.9. The van der Waals surface area contributed by atoms with Crippen LogP contribution in [0.1, 0.15) is 31.4 Å². The molecule has 2 rings (SSSR count). The van der Waals surface area contributed by atoms with Crippen molar-refractivity contribution in [2.45, 2.75) is 31.9 Å². The first-order valence-corrected chi connectivity index (χ1v) is 7.25. The molecule has 0 aromatic heterocycles. The van der Waals surface area contributed by atoms with E-state index in [1.165, 1.54) is 5.39 Å². The van der Waals surface area contributed by atoms with Crippen molar-refractivity contribution in [3.05, 3.63) is 48.0 Å². The minimum Gasteiger partial charge on any atom is -0.396 e. The molecule has 0 saturated carbocycles. The van der Waals surface area contributed by atoms with E-state index in [2.05, 4.69) is 24.4 Å². The quantitative estimate of drug-likeness (QED) is 0.727. The average Bonchev–Trinajstić information content (AvgIpc) is 2.50. The largest absolute Gasteiger partial charge is 0.396 e. The topological polar surface area (TPSA) is 52.5 Å². The van der Waals surface area contributed by atoms with Crippen molar-refractivity contribution in [2.75, 3.05) is 13.2 Å². The van der Waals surface area contributed by atoms with Gasteiger partial charge in [-0.25, -0.2) is 0 Å². The van der Waals surface area contributed by atoms with Gasteiger partial charge in [0.2, 0.25) is 0 Å². The molecule has 0 saturated heterocycles. The normalized spacial score (nSPS) is 14.3. The summed E-state index contributed by atoms with van der Waals surface area (Å²) < 4.78 is 0. The van der Waals surface area contributed by atoms with E-state index in [1.54, 1.807) is 0 Å². The van der Waals surface area contributed by atoms with E-state index in [1.807, 2.05) is 30.3 Å². The molecular weight excluding hydrogens is 250 g/mol. The lowest BCUT2D eigenvalue weighted by Crippen LogP contribution is -2.33. The third-order valence-electron chi connectivity index (χ3n) is 3.73. The van der Waals surface area contributed by atoms with Crippen molar-refractivity contribution in [3.63, 3.8) is 0 Å². The smallest absolute Gasteiger partial charge is 0.0914 e. The van der Waals surface area contributed by atoms with Crippen LogP contribution in [0.3, 0.4) is 0 Å². The summed E-state index contributed by atoms with van der Waals surface area (Å²) in [5.41, 5.74) is 0.926. The number of aliphatic hydroxyl groups is 2. The minimum atomic E-state index is -0.521. The van der Waals surface area contributed by atoms with Gasteiger partial charge in [-0.3, -0.25) is 0 Å². The Kier molecular flexibility index (Phi) is 5.53. The van der Waals surface area contributed by atoms with Crippen molar-refractivity contribution >= 4 is 10.8 Å². The Labute approximate surface area is 120 Å². The van der Waals surface area contributed by atoms with Gasteiger partial charge in [-0.15, -0.1) is 0 Å². The Bertz CT molecular complexity index is 541. The first-order valence-electron chi connectivity index (χ1n) is 7.25. The third kappa shape index (κ3) is 3.79. The molecule has 0 aliphatic heterocycles. The second-order valence-corrected chi connectivity index (χ2v) is 5.15. The van der Waals surface area contributed by atoms with Gasteiger partial charge in [-0.1, -0.05) is 43.3 Å². The fraction of sp³-hybridized carbons (Fsp3) is 0.412. The molecule has 3 heteroatoms. The van der Waals surface area contributed by atoms with Crippen molar-refractivity contribution in [1.29, 1.82) is 0 Å². The van der Waals surface area contributed by atoms with E-state index in [-0.39, 0.29) is 12.6 Å². The maximum absolute atomic E-state index is 10.3. The summed E-state index contributed by atoms with van der Waals surface area (Å²) in [5.74, 6) is 0. The van der Waals surface area contributed by atoms with E-state index in [0.29, 0.717) is 6.54 Å². The zero-order chi connectivity index (χ0) is 14.4. The van der Waals surface area contributed by atoms with Gasteiger partial charge in [-0.05, 0) is 35.2 Å². The van der Waals surface area contributed by atoms with Crippen LogP contribution >= 0.6 is 0 Å². The second kappa shape index (κ2) is 7.39. The van der Waals surface area contributed by atoms with Crippen LogP contribution in [0.4, 0.5) is 0 Å². The van der Waals surface area contributed by atoms with Gasteiger partial charge in [-0.2, -0.15) is 0 Å². The fourth-order valence-electron chi connectivity index (χ4n) is 2.42. The highest BCUT2D eigenvalue weighted by molar-refractivity contribution is 5.83. The number of fused-ring (bicyclic) bond motifs is 1. The van der Waals surface area contributed by atoms with Crippen LogP contribution in [-0.4, -0.2) is 29.4 Å². The summed E-state index contributed by atoms with van der Waals surface area (Å²) in [6, 6.07) is 14.5. The molecule has 0 aliphatic carbocycles. The highest BCUT2D eigenvalue weighted by Gasteiger charge is 2.11. The number of nitrogens with one attached hydrogen (secondary N) is 1. The highest BCUT2D eigenvalue weighted by Crippen LogP contribution is 2.20. The van der Waals surface area contributed by atoms with E-state index < -0.39 is 6.10 Å². The maximum Gasteiger partial charge on any atom is 0.0914 e. The first-order chi connectivity index (χ1) is 9.74. The highest BCUT2D eigenvalue weighted by atomic mass is 16.3. The lowest BCUT2D eigenvalue weighted by Gasteiger charge is -2.19. The van der Waals surface area contributed by atoms with Gasteiger partial charge in [0.25, 0.3) is 0 Å². The fourth-order valence-corrected chi connectivity index (χ4v) is 2.42. The molecule has 108 valence electrons. The predicted octanol–water partition coefficient (Wildman–Crippen LogP) is 2.62. The van der Waals surface area contributed by atoms with E-state index >= 15 is 0 Å². The predicted molar refractivity (Wildman–Crippen MR) is 82.7 cm³/mol. The molecule has 20 heavy (non-hydrogen) atoms. The van der Waals surface area contributed by atoms with Gasteiger partial charge >= 0.3 is 0 Å². The van der Waals surface area contributed by atoms with Gasteiger partial charge < -0.3 is 15.5 Å². The minimum absolute atomic E-state index is 0.178. The molecule has 0 heterocycles. The molecule has 0 aliphatic rings. The molecule has 0 radical (unpaired) electrons.